The van der Waals surface area contributed by atoms with Crippen molar-refractivity contribution in [3.63, 3.8) is 0 Å². The summed E-state index contributed by atoms with van der Waals surface area (Å²) in [4.78, 5) is 12.3. The number of carbonyl (C=O) groups is 1. The molecule has 4 saturated carbocycles. The van der Waals surface area contributed by atoms with Gasteiger partial charge in [-0.25, -0.2) is 0 Å². The van der Waals surface area contributed by atoms with Crippen LogP contribution < -0.4 is 5.32 Å². The highest BCUT2D eigenvalue weighted by Gasteiger charge is 2.64. The molecule has 1 aliphatic heterocycles. The third kappa shape index (κ3) is 1.12. The van der Waals surface area contributed by atoms with Crippen LogP contribution in [0.5, 0.6) is 0 Å². The van der Waals surface area contributed by atoms with E-state index in [0.29, 0.717) is 6.54 Å². The van der Waals surface area contributed by atoms with Gasteiger partial charge in [0.15, 0.2) is 0 Å². The van der Waals surface area contributed by atoms with E-state index in [1.165, 1.54) is 19.3 Å². The SMILES string of the molecule is N#CC1(C23CC4CC(CC(C4)C2)C3)CCNC1=O. The highest BCUT2D eigenvalue weighted by atomic mass is 16.2. The van der Waals surface area contributed by atoms with E-state index in [0.717, 1.165) is 43.4 Å². The Balaban J connectivity index is 1.79. The Morgan fingerprint density at radius 1 is 1.11 bits per heavy atom. The van der Waals surface area contributed by atoms with Crippen molar-refractivity contribution in [1.82, 2.24) is 5.32 Å². The lowest BCUT2D eigenvalue weighted by Gasteiger charge is -2.60. The molecule has 0 aromatic rings. The lowest BCUT2D eigenvalue weighted by Crippen LogP contribution is -2.56. The van der Waals surface area contributed by atoms with Crippen LogP contribution in [0.15, 0.2) is 0 Å². The first-order valence-corrected chi connectivity index (χ1v) is 7.37. The number of rotatable bonds is 1. The second kappa shape index (κ2) is 3.29. The van der Waals surface area contributed by atoms with Crippen molar-refractivity contribution in [3.8, 4) is 6.07 Å². The maximum atomic E-state index is 12.3. The predicted molar refractivity (Wildman–Crippen MR) is 66.3 cm³/mol. The normalized spacial score (nSPS) is 53.3. The van der Waals surface area contributed by atoms with E-state index in [2.05, 4.69) is 11.4 Å². The molecule has 0 aromatic heterocycles. The van der Waals surface area contributed by atoms with Crippen LogP contribution >= 0.6 is 0 Å². The predicted octanol–water partition coefficient (Wildman–Crippen LogP) is 2.23. The summed E-state index contributed by atoms with van der Waals surface area (Å²) in [5, 5.41) is 12.7. The minimum Gasteiger partial charge on any atom is -0.355 e. The maximum Gasteiger partial charge on any atom is 0.241 e. The minimum atomic E-state index is -0.691. The van der Waals surface area contributed by atoms with Crippen LogP contribution in [0.4, 0.5) is 0 Å². The zero-order valence-corrected chi connectivity index (χ0v) is 10.7. The van der Waals surface area contributed by atoms with E-state index in [-0.39, 0.29) is 11.3 Å². The monoisotopic (exact) mass is 244 g/mol. The molecule has 5 aliphatic rings. The van der Waals surface area contributed by atoms with Crippen LogP contribution in [0.1, 0.15) is 44.9 Å². The van der Waals surface area contributed by atoms with Crippen molar-refractivity contribution in [1.29, 1.82) is 5.26 Å². The van der Waals surface area contributed by atoms with Crippen LogP contribution in [0.2, 0.25) is 0 Å². The highest BCUT2D eigenvalue weighted by molar-refractivity contribution is 5.88. The average Bonchev–Trinajstić information content (AvgIpc) is 2.70. The molecule has 0 radical (unpaired) electrons. The van der Waals surface area contributed by atoms with Gasteiger partial charge in [-0.2, -0.15) is 5.26 Å². The quantitative estimate of drug-likeness (QED) is 0.769. The van der Waals surface area contributed by atoms with Crippen LogP contribution in [-0.2, 0) is 4.79 Å². The standard InChI is InChI=1S/C15H20N2O/c16-9-15(1-2-17-13(15)18)14-6-10-3-11(7-14)5-12(4-10)8-14/h10-12H,1-8H2,(H,17,18). The van der Waals surface area contributed by atoms with Gasteiger partial charge in [0.2, 0.25) is 5.91 Å². The van der Waals surface area contributed by atoms with Gasteiger partial charge in [-0.1, -0.05) is 0 Å². The van der Waals surface area contributed by atoms with E-state index < -0.39 is 5.41 Å². The molecular formula is C15H20N2O. The number of amides is 1. The summed E-state index contributed by atoms with van der Waals surface area (Å²) in [5.41, 5.74) is -0.667. The Labute approximate surface area is 108 Å². The lowest BCUT2D eigenvalue weighted by atomic mass is 9.42. The lowest BCUT2D eigenvalue weighted by molar-refractivity contribution is -0.147. The Bertz CT molecular complexity index is 415. The minimum absolute atomic E-state index is 0.0249. The summed E-state index contributed by atoms with van der Waals surface area (Å²) in [6.45, 7) is 0.703. The molecule has 1 N–H and O–H groups in total. The summed E-state index contributed by atoms with van der Waals surface area (Å²) in [5.74, 6) is 2.44. The van der Waals surface area contributed by atoms with Gasteiger partial charge in [-0.3, -0.25) is 4.79 Å². The first-order valence-electron chi connectivity index (χ1n) is 7.37. The number of hydrogen-bond acceptors (Lipinski definition) is 2. The number of nitrogens with one attached hydrogen (secondary N) is 1. The van der Waals surface area contributed by atoms with Gasteiger partial charge < -0.3 is 5.32 Å². The third-order valence-corrected chi connectivity index (χ3v) is 6.31. The molecule has 1 amide bonds. The molecule has 3 nitrogen and oxygen atoms in total. The van der Waals surface area contributed by atoms with E-state index >= 15 is 0 Å². The second-order valence-electron chi connectivity index (χ2n) is 7.22. The first kappa shape index (κ1) is 10.8. The van der Waals surface area contributed by atoms with E-state index in [9.17, 15) is 10.1 Å². The summed E-state index contributed by atoms with van der Waals surface area (Å²) in [6.07, 6.45) is 8.25. The molecule has 0 aromatic carbocycles. The summed E-state index contributed by atoms with van der Waals surface area (Å²) in [7, 11) is 0. The van der Waals surface area contributed by atoms with Crippen LogP contribution in [0.25, 0.3) is 0 Å². The molecule has 1 unspecified atom stereocenters. The molecule has 18 heavy (non-hydrogen) atoms. The molecule has 1 heterocycles. The van der Waals surface area contributed by atoms with Crippen molar-refractivity contribution in [3.05, 3.63) is 0 Å². The Kier molecular flexibility index (Phi) is 1.98. The largest absolute Gasteiger partial charge is 0.355 e. The van der Waals surface area contributed by atoms with Crippen LogP contribution in [0, 0.1) is 39.9 Å². The topological polar surface area (TPSA) is 52.9 Å². The molecule has 1 saturated heterocycles. The average molecular weight is 244 g/mol. The zero-order chi connectivity index (χ0) is 12.4. The molecule has 1 atom stereocenters. The summed E-state index contributed by atoms with van der Waals surface area (Å²) in [6, 6.07) is 2.47. The smallest absolute Gasteiger partial charge is 0.241 e. The van der Waals surface area contributed by atoms with Crippen molar-refractivity contribution in [2.24, 2.45) is 28.6 Å². The van der Waals surface area contributed by atoms with Crippen molar-refractivity contribution in [2.75, 3.05) is 6.54 Å². The van der Waals surface area contributed by atoms with Gasteiger partial charge in [0, 0.05) is 6.54 Å². The van der Waals surface area contributed by atoms with Crippen molar-refractivity contribution < 1.29 is 4.79 Å². The number of hydrogen-bond donors (Lipinski definition) is 1. The van der Waals surface area contributed by atoms with Crippen LogP contribution in [0.3, 0.4) is 0 Å². The molecule has 96 valence electrons. The number of nitrogens with zero attached hydrogens (tertiary/aromatic N) is 1. The van der Waals surface area contributed by atoms with Gasteiger partial charge in [0.05, 0.1) is 6.07 Å². The molecule has 0 spiro atoms. The van der Waals surface area contributed by atoms with Crippen molar-refractivity contribution in [2.45, 2.75) is 44.9 Å². The summed E-state index contributed by atoms with van der Waals surface area (Å²) < 4.78 is 0. The molecule has 4 bridgehead atoms. The van der Waals surface area contributed by atoms with Gasteiger partial charge >= 0.3 is 0 Å². The van der Waals surface area contributed by atoms with E-state index in [1.54, 1.807) is 0 Å². The Hall–Kier alpha value is -1.04. The van der Waals surface area contributed by atoms with Gasteiger partial charge in [0.1, 0.15) is 5.41 Å². The third-order valence-electron chi connectivity index (χ3n) is 6.31. The Morgan fingerprint density at radius 2 is 1.67 bits per heavy atom. The molecule has 3 heteroatoms. The van der Waals surface area contributed by atoms with E-state index in [4.69, 9.17) is 0 Å². The van der Waals surface area contributed by atoms with Crippen LogP contribution in [-0.4, -0.2) is 12.5 Å². The second-order valence-corrected chi connectivity index (χ2v) is 7.22. The maximum absolute atomic E-state index is 12.3. The van der Waals surface area contributed by atoms with Gasteiger partial charge in [0.25, 0.3) is 0 Å². The molecule has 5 fully saturated rings. The van der Waals surface area contributed by atoms with Crippen molar-refractivity contribution >= 4 is 5.91 Å². The molecule has 5 rings (SSSR count). The highest BCUT2D eigenvalue weighted by Crippen LogP contribution is 2.67. The van der Waals surface area contributed by atoms with Gasteiger partial charge in [-0.05, 0) is 68.1 Å². The fraction of sp³-hybridized carbons (Fsp3) is 0.867. The fourth-order valence-electron chi connectivity index (χ4n) is 5.99. The summed E-state index contributed by atoms with van der Waals surface area (Å²) >= 11 is 0. The zero-order valence-electron chi connectivity index (χ0n) is 10.7. The molecular weight excluding hydrogens is 224 g/mol. The molecule has 4 aliphatic carbocycles. The first-order chi connectivity index (χ1) is 8.67. The number of nitriles is 1. The van der Waals surface area contributed by atoms with Gasteiger partial charge in [-0.15, -0.1) is 0 Å². The Morgan fingerprint density at radius 3 is 2.06 bits per heavy atom. The fourth-order valence-corrected chi connectivity index (χ4v) is 5.99. The number of carbonyl (C=O) groups excluding carboxylic acids is 1. The van der Waals surface area contributed by atoms with E-state index in [1.807, 2.05) is 0 Å².